The molecule has 0 aliphatic carbocycles. The number of carbonyl (C=O) groups excluding carboxylic acids is 1. The second kappa shape index (κ2) is 11.1. The largest absolute Gasteiger partial charge is 0.486 e. The highest BCUT2D eigenvalue weighted by Gasteiger charge is 2.29. The Morgan fingerprint density at radius 3 is 2.70 bits per heavy atom. The van der Waals surface area contributed by atoms with E-state index < -0.39 is 0 Å². The minimum Gasteiger partial charge on any atom is -0.486 e. The van der Waals surface area contributed by atoms with E-state index in [1.165, 1.54) is 11.3 Å². The average molecular weight is 453 g/mol. The molecule has 3 rings (SSSR count). The first-order valence-electron chi connectivity index (χ1n) is 8.44. The summed E-state index contributed by atoms with van der Waals surface area (Å²) in [7, 11) is 0. The molecule has 1 saturated heterocycles. The van der Waals surface area contributed by atoms with Gasteiger partial charge in [0.2, 0.25) is 0 Å². The van der Waals surface area contributed by atoms with Crippen LogP contribution in [-0.2, 0) is 6.61 Å². The number of hydrogen-bond donors (Lipinski definition) is 1. The number of halogens is 3. The lowest BCUT2D eigenvalue weighted by atomic mass is 10.0. The highest BCUT2D eigenvalue weighted by Crippen LogP contribution is 2.25. The second-order valence-corrected chi connectivity index (χ2v) is 7.67. The molecule has 0 saturated carbocycles. The molecule has 1 amide bonds. The van der Waals surface area contributed by atoms with Gasteiger partial charge in [-0.1, -0.05) is 11.6 Å². The van der Waals surface area contributed by atoms with Crippen LogP contribution in [0.3, 0.4) is 0 Å². The predicted molar refractivity (Wildman–Crippen MR) is 115 cm³/mol. The van der Waals surface area contributed by atoms with Crippen molar-refractivity contribution in [3.63, 3.8) is 0 Å². The summed E-state index contributed by atoms with van der Waals surface area (Å²) in [5.41, 5.74) is 6.60. The van der Waals surface area contributed by atoms with E-state index in [-0.39, 0.29) is 36.8 Å². The van der Waals surface area contributed by atoms with E-state index in [4.69, 9.17) is 22.1 Å². The molecule has 1 unspecified atom stereocenters. The molecule has 9 heteroatoms. The zero-order valence-corrected chi connectivity index (χ0v) is 18.2. The molecule has 2 heterocycles. The molecular weight excluding hydrogens is 429 g/mol. The van der Waals surface area contributed by atoms with E-state index in [2.05, 4.69) is 4.98 Å². The number of thiazole rings is 1. The van der Waals surface area contributed by atoms with Crippen molar-refractivity contribution in [2.24, 2.45) is 5.73 Å². The molecule has 1 aromatic heterocycles. The van der Waals surface area contributed by atoms with Gasteiger partial charge in [0.05, 0.1) is 5.69 Å². The number of piperidine rings is 1. The Morgan fingerprint density at radius 1 is 1.33 bits per heavy atom. The molecule has 0 radical (unpaired) electrons. The number of carbonyl (C=O) groups is 1. The lowest BCUT2D eigenvalue weighted by Crippen LogP contribution is -2.47. The molecule has 1 fully saturated rings. The van der Waals surface area contributed by atoms with Crippen molar-refractivity contribution in [3.8, 4) is 5.75 Å². The summed E-state index contributed by atoms with van der Waals surface area (Å²) in [6.45, 7) is 3.49. The van der Waals surface area contributed by atoms with Gasteiger partial charge in [-0.05, 0) is 50.5 Å². The Morgan fingerprint density at radius 2 is 2.04 bits per heavy atom. The summed E-state index contributed by atoms with van der Waals surface area (Å²) in [6.07, 6.45) is 3.15. The van der Waals surface area contributed by atoms with E-state index in [1.54, 1.807) is 12.1 Å². The Kier molecular flexibility index (Phi) is 9.84. The van der Waals surface area contributed by atoms with Crippen LogP contribution in [0.15, 0.2) is 24.3 Å². The maximum Gasteiger partial charge on any atom is 0.266 e. The molecule has 2 aromatic rings. The summed E-state index contributed by atoms with van der Waals surface area (Å²) in [5.74, 6) is 0.771. The fraction of sp³-hybridized carbons (Fsp3) is 0.444. The number of hydrogen-bond acceptors (Lipinski definition) is 5. The van der Waals surface area contributed by atoms with Crippen molar-refractivity contribution >= 4 is 53.7 Å². The van der Waals surface area contributed by atoms with Crippen molar-refractivity contribution in [1.29, 1.82) is 0 Å². The van der Waals surface area contributed by atoms with Gasteiger partial charge in [0.15, 0.2) is 0 Å². The van der Waals surface area contributed by atoms with Crippen molar-refractivity contribution in [3.05, 3.63) is 44.9 Å². The maximum atomic E-state index is 12.9. The van der Waals surface area contributed by atoms with Crippen LogP contribution in [0.4, 0.5) is 0 Å². The molecule has 1 aliphatic heterocycles. The third-order valence-corrected chi connectivity index (χ3v) is 5.74. The van der Waals surface area contributed by atoms with Gasteiger partial charge >= 0.3 is 0 Å². The summed E-state index contributed by atoms with van der Waals surface area (Å²) in [6, 6.07) is 7.32. The normalized spacial score (nSPS) is 16.3. The monoisotopic (exact) mass is 451 g/mol. The average Bonchev–Trinajstić information content (AvgIpc) is 3.01. The number of likely N-dealkylation sites (tertiary alicyclic amines) is 1. The summed E-state index contributed by atoms with van der Waals surface area (Å²) >= 11 is 7.27. The van der Waals surface area contributed by atoms with Gasteiger partial charge in [-0.15, -0.1) is 36.2 Å². The molecule has 1 aliphatic rings. The third kappa shape index (κ3) is 5.96. The number of nitrogens with two attached hydrogens (primary N) is 1. The molecule has 1 aromatic carbocycles. The highest BCUT2D eigenvalue weighted by molar-refractivity contribution is 7.13. The Hall–Kier alpha value is -1.05. The summed E-state index contributed by atoms with van der Waals surface area (Å²) in [4.78, 5) is 20.0. The van der Waals surface area contributed by atoms with E-state index >= 15 is 0 Å². The van der Waals surface area contributed by atoms with Gasteiger partial charge in [-0.2, -0.15) is 0 Å². The van der Waals surface area contributed by atoms with Crippen LogP contribution in [0.5, 0.6) is 5.75 Å². The van der Waals surface area contributed by atoms with E-state index in [9.17, 15) is 4.79 Å². The summed E-state index contributed by atoms with van der Waals surface area (Å²) in [5, 5.41) is 1.46. The van der Waals surface area contributed by atoms with Gasteiger partial charge < -0.3 is 15.4 Å². The third-order valence-electron chi connectivity index (χ3n) is 4.37. The smallest absolute Gasteiger partial charge is 0.266 e. The standard InChI is InChI=1S/C18H22ClN3O2S.2ClH/c1-12-17(18(23)22-9-3-2-4-14(22)10-20)25-16(21-12)11-24-15-7-5-13(19)6-8-15;;/h5-8,14H,2-4,9-11,20H2,1H3;2*1H. The topological polar surface area (TPSA) is 68.5 Å². The minimum atomic E-state index is 0. The SMILES string of the molecule is Cc1nc(COc2ccc(Cl)cc2)sc1C(=O)N1CCCCC1CN.Cl.Cl. The van der Waals surface area contributed by atoms with Crippen molar-refractivity contribution in [2.75, 3.05) is 13.1 Å². The fourth-order valence-electron chi connectivity index (χ4n) is 3.03. The van der Waals surface area contributed by atoms with E-state index in [0.29, 0.717) is 23.1 Å². The zero-order chi connectivity index (χ0) is 17.8. The molecule has 5 nitrogen and oxygen atoms in total. The van der Waals surface area contributed by atoms with Crippen LogP contribution in [-0.4, -0.2) is 34.9 Å². The summed E-state index contributed by atoms with van der Waals surface area (Å²) < 4.78 is 5.73. The van der Waals surface area contributed by atoms with Crippen LogP contribution < -0.4 is 10.5 Å². The minimum absolute atomic E-state index is 0. The number of aromatic nitrogens is 1. The van der Waals surface area contributed by atoms with Crippen LogP contribution in [0.1, 0.15) is 39.6 Å². The first-order valence-corrected chi connectivity index (χ1v) is 9.63. The lowest BCUT2D eigenvalue weighted by Gasteiger charge is -2.34. The van der Waals surface area contributed by atoms with E-state index in [1.807, 2.05) is 24.0 Å². The molecular formula is C18H24Cl3N3O2S. The first-order chi connectivity index (χ1) is 12.1. The Bertz CT molecular complexity index is 740. The number of ether oxygens (including phenoxy) is 1. The van der Waals surface area contributed by atoms with E-state index in [0.717, 1.165) is 42.3 Å². The second-order valence-electron chi connectivity index (χ2n) is 6.15. The highest BCUT2D eigenvalue weighted by atomic mass is 35.5. The van der Waals surface area contributed by atoms with Crippen molar-refractivity contribution < 1.29 is 9.53 Å². The fourth-order valence-corrected chi connectivity index (χ4v) is 4.09. The number of amides is 1. The van der Waals surface area contributed by atoms with Gasteiger partial charge in [0.25, 0.3) is 5.91 Å². The van der Waals surface area contributed by atoms with Gasteiger partial charge in [0, 0.05) is 24.2 Å². The number of aryl methyl sites for hydroxylation is 1. The Labute approximate surface area is 181 Å². The van der Waals surface area contributed by atoms with Crippen LogP contribution in [0.2, 0.25) is 5.02 Å². The molecule has 150 valence electrons. The van der Waals surface area contributed by atoms with Gasteiger partial charge in [-0.25, -0.2) is 4.98 Å². The maximum absolute atomic E-state index is 12.9. The number of nitrogens with zero attached hydrogens (tertiary/aromatic N) is 2. The molecule has 1 atom stereocenters. The van der Waals surface area contributed by atoms with Crippen LogP contribution in [0, 0.1) is 6.92 Å². The molecule has 2 N–H and O–H groups in total. The number of rotatable bonds is 5. The molecule has 27 heavy (non-hydrogen) atoms. The van der Waals surface area contributed by atoms with Crippen LogP contribution in [0.25, 0.3) is 0 Å². The van der Waals surface area contributed by atoms with Crippen LogP contribution >= 0.6 is 47.8 Å². The number of benzene rings is 1. The molecule has 0 spiro atoms. The quantitative estimate of drug-likeness (QED) is 0.726. The van der Waals surface area contributed by atoms with Crippen molar-refractivity contribution in [2.45, 2.75) is 38.8 Å². The van der Waals surface area contributed by atoms with Gasteiger partial charge in [-0.3, -0.25) is 4.79 Å². The lowest BCUT2D eigenvalue weighted by molar-refractivity contribution is 0.0627. The molecule has 0 bridgehead atoms. The first kappa shape index (κ1) is 24.0. The Balaban J connectivity index is 0.00000182. The van der Waals surface area contributed by atoms with Gasteiger partial charge in [0.1, 0.15) is 22.2 Å². The zero-order valence-electron chi connectivity index (χ0n) is 15.0. The van der Waals surface area contributed by atoms with Crippen molar-refractivity contribution in [1.82, 2.24) is 9.88 Å². The predicted octanol–water partition coefficient (Wildman–Crippen LogP) is 4.48.